The van der Waals surface area contributed by atoms with Gasteiger partial charge in [0.2, 0.25) is 0 Å². The van der Waals surface area contributed by atoms with Gasteiger partial charge in [-0.25, -0.2) is 4.39 Å². The molecule has 2 aromatic carbocycles. The quantitative estimate of drug-likeness (QED) is 0.796. The normalized spacial score (nSPS) is 17.0. The Kier molecular flexibility index (Phi) is 6.07. The van der Waals surface area contributed by atoms with Gasteiger partial charge < -0.3 is 19.1 Å². The maximum atomic E-state index is 12.9. The Bertz CT molecular complexity index is 718. The van der Waals surface area contributed by atoms with Crippen molar-refractivity contribution in [2.45, 2.75) is 13.0 Å². The van der Waals surface area contributed by atoms with Crippen molar-refractivity contribution in [3.05, 3.63) is 59.9 Å². The number of hydrogen-bond acceptors (Lipinski definition) is 4. The van der Waals surface area contributed by atoms with Gasteiger partial charge in [0.25, 0.3) is 5.91 Å². The van der Waals surface area contributed by atoms with E-state index >= 15 is 0 Å². The van der Waals surface area contributed by atoms with E-state index in [1.165, 1.54) is 12.1 Å². The molecule has 0 aliphatic carbocycles. The largest absolute Gasteiger partial charge is 0.491 e. The Labute approximate surface area is 152 Å². The van der Waals surface area contributed by atoms with Crippen LogP contribution in [0.25, 0.3) is 0 Å². The number of rotatable bonds is 6. The van der Waals surface area contributed by atoms with E-state index in [-0.39, 0.29) is 24.4 Å². The number of halogens is 1. The van der Waals surface area contributed by atoms with Crippen molar-refractivity contribution in [1.82, 2.24) is 4.90 Å². The number of nitrogens with zero attached hydrogens (tertiary/aromatic N) is 1. The number of morpholine rings is 1. The first-order valence-corrected chi connectivity index (χ1v) is 8.57. The molecule has 0 bridgehead atoms. The summed E-state index contributed by atoms with van der Waals surface area (Å²) in [7, 11) is 0. The fourth-order valence-electron chi connectivity index (χ4n) is 2.64. The molecule has 0 radical (unpaired) electrons. The third-order valence-corrected chi connectivity index (χ3v) is 4.12. The van der Waals surface area contributed by atoms with Crippen LogP contribution in [0, 0.1) is 12.7 Å². The third-order valence-electron chi connectivity index (χ3n) is 4.12. The number of aryl methyl sites for hydroxylation is 1. The van der Waals surface area contributed by atoms with E-state index in [0.717, 1.165) is 5.56 Å². The van der Waals surface area contributed by atoms with Gasteiger partial charge in [-0.1, -0.05) is 17.7 Å². The van der Waals surface area contributed by atoms with E-state index in [1.807, 2.05) is 31.2 Å². The van der Waals surface area contributed by atoms with E-state index in [9.17, 15) is 9.18 Å². The Hall–Kier alpha value is -2.60. The zero-order valence-electron chi connectivity index (χ0n) is 14.7. The first-order chi connectivity index (χ1) is 12.6. The highest BCUT2D eigenvalue weighted by Gasteiger charge is 2.25. The molecular formula is C20H22FNO4. The van der Waals surface area contributed by atoms with Gasteiger partial charge in [-0.3, -0.25) is 4.79 Å². The summed E-state index contributed by atoms with van der Waals surface area (Å²) in [4.78, 5) is 14.1. The maximum Gasteiger partial charge on any atom is 0.260 e. The van der Waals surface area contributed by atoms with E-state index in [4.69, 9.17) is 14.2 Å². The molecule has 0 spiro atoms. The Morgan fingerprint density at radius 1 is 1.12 bits per heavy atom. The van der Waals surface area contributed by atoms with Gasteiger partial charge in [-0.15, -0.1) is 0 Å². The van der Waals surface area contributed by atoms with Gasteiger partial charge in [0, 0.05) is 6.54 Å². The predicted molar refractivity (Wildman–Crippen MR) is 94.9 cm³/mol. The molecule has 5 nitrogen and oxygen atoms in total. The molecule has 1 amide bonds. The van der Waals surface area contributed by atoms with Crippen LogP contribution in [-0.4, -0.2) is 49.8 Å². The van der Waals surface area contributed by atoms with E-state index in [2.05, 4.69) is 0 Å². The molecular weight excluding hydrogens is 337 g/mol. The highest BCUT2D eigenvalue weighted by molar-refractivity contribution is 5.77. The average molecular weight is 359 g/mol. The van der Waals surface area contributed by atoms with Crippen molar-refractivity contribution < 1.29 is 23.4 Å². The summed E-state index contributed by atoms with van der Waals surface area (Å²) in [5.74, 6) is 0.854. The van der Waals surface area contributed by atoms with E-state index < -0.39 is 0 Å². The lowest BCUT2D eigenvalue weighted by Gasteiger charge is -2.32. The summed E-state index contributed by atoms with van der Waals surface area (Å²) in [6.07, 6.45) is -0.225. The van der Waals surface area contributed by atoms with Gasteiger partial charge in [0.15, 0.2) is 6.61 Å². The molecule has 0 unspecified atom stereocenters. The van der Waals surface area contributed by atoms with E-state index in [0.29, 0.717) is 37.8 Å². The van der Waals surface area contributed by atoms with Crippen molar-refractivity contribution in [3.8, 4) is 11.5 Å². The fraction of sp³-hybridized carbons (Fsp3) is 0.350. The summed E-state index contributed by atoms with van der Waals surface area (Å²) >= 11 is 0. The summed E-state index contributed by atoms with van der Waals surface area (Å²) in [6, 6.07) is 13.4. The molecule has 3 rings (SSSR count). The van der Waals surface area contributed by atoms with Gasteiger partial charge in [0.1, 0.15) is 30.0 Å². The molecule has 1 aliphatic heterocycles. The zero-order valence-corrected chi connectivity index (χ0v) is 14.7. The van der Waals surface area contributed by atoms with Crippen LogP contribution in [0.5, 0.6) is 11.5 Å². The molecule has 138 valence electrons. The molecule has 1 heterocycles. The molecule has 0 aromatic heterocycles. The summed E-state index contributed by atoms with van der Waals surface area (Å²) in [6.45, 7) is 3.72. The average Bonchev–Trinajstić information content (AvgIpc) is 2.67. The zero-order chi connectivity index (χ0) is 18.4. The van der Waals surface area contributed by atoms with Crippen LogP contribution in [-0.2, 0) is 9.53 Å². The van der Waals surface area contributed by atoms with Crippen molar-refractivity contribution in [3.63, 3.8) is 0 Å². The topological polar surface area (TPSA) is 48.0 Å². The molecule has 6 heteroatoms. The summed E-state index contributed by atoms with van der Waals surface area (Å²) < 4.78 is 29.7. The number of carbonyl (C=O) groups is 1. The minimum absolute atomic E-state index is 0.00536. The van der Waals surface area contributed by atoms with Gasteiger partial charge in [-0.2, -0.15) is 0 Å². The van der Waals surface area contributed by atoms with Crippen LogP contribution in [0.15, 0.2) is 48.5 Å². The first-order valence-electron chi connectivity index (χ1n) is 8.57. The number of hydrogen-bond donors (Lipinski definition) is 0. The number of benzene rings is 2. The highest BCUT2D eigenvalue weighted by atomic mass is 19.1. The second-order valence-electron chi connectivity index (χ2n) is 6.20. The monoisotopic (exact) mass is 359 g/mol. The van der Waals surface area contributed by atoms with Crippen molar-refractivity contribution in [2.24, 2.45) is 0 Å². The van der Waals surface area contributed by atoms with Gasteiger partial charge in [-0.05, 0) is 43.3 Å². The lowest BCUT2D eigenvalue weighted by atomic mass is 10.2. The van der Waals surface area contributed by atoms with Gasteiger partial charge >= 0.3 is 0 Å². The Morgan fingerprint density at radius 3 is 2.50 bits per heavy atom. The van der Waals surface area contributed by atoms with Crippen molar-refractivity contribution >= 4 is 5.91 Å². The van der Waals surface area contributed by atoms with Crippen LogP contribution < -0.4 is 9.47 Å². The number of amides is 1. The summed E-state index contributed by atoms with van der Waals surface area (Å²) in [5, 5.41) is 0. The number of carbonyl (C=O) groups excluding carboxylic acids is 1. The van der Waals surface area contributed by atoms with Crippen LogP contribution >= 0.6 is 0 Å². The Balaban J connectivity index is 1.45. The molecule has 1 atom stereocenters. The molecule has 2 aromatic rings. The minimum Gasteiger partial charge on any atom is -0.491 e. The first kappa shape index (κ1) is 18.2. The minimum atomic E-state index is -0.309. The van der Waals surface area contributed by atoms with Crippen molar-refractivity contribution in [1.29, 1.82) is 0 Å². The maximum absolute atomic E-state index is 12.9. The summed E-state index contributed by atoms with van der Waals surface area (Å²) in [5.41, 5.74) is 1.14. The Morgan fingerprint density at radius 2 is 1.77 bits per heavy atom. The fourth-order valence-corrected chi connectivity index (χ4v) is 2.64. The third kappa shape index (κ3) is 5.20. The molecule has 26 heavy (non-hydrogen) atoms. The van der Waals surface area contributed by atoms with Crippen LogP contribution in [0.1, 0.15) is 5.56 Å². The smallest absolute Gasteiger partial charge is 0.260 e. The molecule has 1 saturated heterocycles. The lowest BCUT2D eigenvalue weighted by molar-refractivity contribution is -0.142. The predicted octanol–water partition coefficient (Wildman–Crippen LogP) is 2.82. The van der Waals surface area contributed by atoms with Crippen LogP contribution in [0.3, 0.4) is 0 Å². The number of ether oxygens (including phenoxy) is 3. The lowest BCUT2D eigenvalue weighted by Crippen LogP contribution is -2.49. The molecule has 1 aliphatic rings. The molecule has 0 N–H and O–H groups in total. The highest BCUT2D eigenvalue weighted by Crippen LogP contribution is 2.14. The second kappa shape index (κ2) is 8.67. The second-order valence-corrected chi connectivity index (χ2v) is 6.20. The van der Waals surface area contributed by atoms with Gasteiger partial charge in [0.05, 0.1) is 13.2 Å². The van der Waals surface area contributed by atoms with Crippen LogP contribution in [0.4, 0.5) is 4.39 Å². The molecule has 0 saturated carbocycles. The SMILES string of the molecule is Cc1ccc(OCC(=O)N2CCO[C@H](COc3ccc(F)cc3)C2)cc1. The standard InChI is InChI=1S/C20H22FNO4/c1-15-2-6-17(7-3-15)26-14-20(23)22-10-11-24-19(12-22)13-25-18-8-4-16(21)5-9-18/h2-9,19H,10-14H2,1H3/t19-/m0/s1. The molecule has 1 fully saturated rings. The van der Waals surface area contributed by atoms with Crippen molar-refractivity contribution in [2.75, 3.05) is 32.9 Å². The van der Waals surface area contributed by atoms with E-state index in [1.54, 1.807) is 17.0 Å². The van der Waals surface area contributed by atoms with Crippen LogP contribution in [0.2, 0.25) is 0 Å².